The lowest BCUT2D eigenvalue weighted by Gasteiger charge is -2.25. The third kappa shape index (κ3) is 5.83. The van der Waals surface area contributed by atoms with E-state index in [4.69, 9.17) is 11.6 Å². The van der Waals surface area contributed by atoms with Crippen LogP contribution in [-0.4, -0.2) is 23.9 Å². The Bertz CT molecular complexity index is 967. The van der Waals surface area contributed by atoms with Crippen LogP contribution in [-0.2, 0) is 4.79 Å². The monoisotopic (exact) mass is 450 g/mol. The fourth-order valence-corrected chi connectivity index (χ4v) is 4.58. The number of nitrogens with zero attached hydrogens (tertiary/aromatic N) is 1. The van der Waals surface area contributed by atoms with Crippen molar-refractivity contribution in [3.63, 3.8) is 0 Å². The normalized spacial score (nSPS) is 17.5. The van der Waals surface area contributed by atoms with Crippen LogP contribution >= 0.6 is 11.6 Å². The van der Waals surface area contributed by atoms with Crippen molar-refractivity contribution >= 4 is 23.1 Å². The second kappa shape index (κ2) is 11.4. The smallest absolute Gasteiger partial charge is 0.232 e. The van der Waals surface area contributed by atoms with Crippen LogP contribution in [0.1, 0.15) is 62.3 Å². The lowest BCUT2D eigenvalue weighted by Crippen LogP contribution is -2.32. The Kier molecular flexibility index (Phi) is 8.58. The number of rotatable bonds is 10. The quantitative estimate of drug-likeness (QED) is 0.425. The maximum absolute atomic E-state index is 13.1. The number of carbonyl (C=O) groups is 1. The molecule has 1 fully saturated rings. The van der Waals surface area contributed by atoms with Crippen molar-refractivity contribution in [2.24, 2.45) is 5.92 Å². The molecule has 0 aromatic heterocycles. The van der Waals surface area contributed by atoms with Gasteiger partial charge in [-0.2, -0.15) is 0 Å². The second-order valence-electron chi connectivity index (χ2n) is 8.64. The molecule has 2 unspecified atom stereocenters. The minimum atomic E-state index is -0.155. The third-order valence-corrected chi connectivity index (χ3v) is 6.62. The average molecular weight is 451 g/mol. The molecule has 0 bridgehead atoms. The topological polar surface area (TPSA) is 32.3 Å². The first-order valence-electron chi connectivity index (χ1n) is 11.7. The standard InChI is InChI=1S/C28H35ClN2O/c1-5-6-10-24(27-19-25(29)14-13-20(27)2)15-17-30-21(3)26-16-18-31(28(26)32)22(4)23-11-8-7-9-12-23/h7-14,19,22,26,30H,3,5-6,15-18H2,1-2,4H3/b24-10-. The number of aryl methyl sites for hydroxylation is 1. The molecule has 0 spiro atoms. The Morgan fingerprint density at radius 1 is 1.28 bits per heavy atom. The zero-order valence-electron chi connectivity index (χ0n) is 19.5. The summed E-state index contributed by atoms with van der Waals surface area (Å²) in [5, 5.41) is 4.21. The molecule has 3 rings (SSSR count). The van der Waals surface area contributed by atoms with Crippen molar-refractivity contribution < 1.29 is 4.79 Å². The summed E-state index contributed by atoms with van der Waals surface area (Å²) in [7, 11) is 0. The molecule has 1 aliphatic rings. The molecule has 1 heterocycles. The highest BCUT2D eigenvalue weighted by atomic mass is 35.5. The van der Waals surface area contributed by atoms with Crippen molar-refractivity contribution in [2.75, 3.05) is 13.1 Å². The van der Waals surface area contributed by atoms with E-state index in [1.807, 2.05) is 29.2 Å². The molecule has 32 heavy (non-hydrogen) atoms. The summed E-state index contributed by atoms with van der Waals surface area (Å²) in [6.07, 6.45) is 6.14. The summed E-state index contributed by atoms with van der Waals surface area (Å²) >= 11 is 6.27. The van der Waals surface area contributed by atoms with Crippen LogP contribution in [0.4, 0.5) is 0 Å². The van der Waals surface area contributed by atoms with Crippen LogP contribution in [0.5, 0.6) is 0 Å². The highest BCUT2D eigenvalue weighted by molar-refractivity contribution is 6.30. The van der Waals surface area contributed by atoms with E-state index in [1.54, 1.807) is 0 Å². The Labute approximate surface area is 198 Å². The van der Waals surface area contributed by atoms with Crippen molar-refractivity contribution in [2.45, 2.75) is 52.5 Å². The molecule has 2 atom stereocenters. The van der Waals surface area contributed by atoms with Gasteiger partial charge >= 0.3 is 0 Å². The van der Waals surface area contributed by atoms with E-state index in [1.165, 1.54) is 22.3 Å². The molecule has 1 amide bonds. The summed E-state index contributed by atoms with van der Waals surface area (Å²) in [5.41, 5.74) is 5.73. The second-order valence-corrected chi connectivity index (χ2v) is 9.08. The summed E-state index contributed by atoms with van der Waals surface area (Å²) < 4.78 is 0. The van der Waals surface area contributed by atoms with Gasteiger partial charge in [-0.05, 0) is 67.5 Å². The molecule has 170 valence electrons. The van der Waals surface area contributed by atoms with Gasteiger partial charge in [-0.25, -0.2) is 0 Å². The van der Waals surface area contributed by atoms with E-state index in [0.29, 0.717) is 0 Å². The fourth-order valence-electron chi connectivity index (χ4n) is 4.41. The lowest BCUT2D eigenvalue weighted by molar-refractivity contribution is -0.131. The molecule has 1 aliphatic heterocycles. The van der Waals surface area contributed by atoms with E-state index >= 15 is 0 Å². The summed E-state index contributed by atoms with van der Waals surface area (Å²) in [5.74, 6) is 0.0171. The van der Waals surface area contributed by atoms with Crippen LogP contribution < -0.4 is 5.32 Å². The number of likely N-dealkylation sites (tertiary alicyclic amines) is 1. The summed E-state index contributed by atoms with van der Waals surface area (Å²) in [6.45, 7) is 12.1. The predicted octanol–water partition coefficient (Wildman–Crippen LogP) is 6.94. The van der Waals surface area contributed by atoms with Gasteiger partial charge in [0.25, 0.3) is 0 Å². The number of amides is 1. The number of hydrogen-bond donors (Lipinski definition) is 1. The van der Waals surface area contributed by atoms with Crippen molar-refractivity contribution in [3.05, 3.63) is 88.6 Å². The van der Waals surface area contributed by atoms with Crippen LogP contribution in [0.2, 0.25) is 5.02 Å². The van der Waals surface area contributed by atoms with Crippen LogP contribution in [0.25, 0.3) is 5.57 Å². The maximum atomic E-state index is 13.1. The van der Waals surface area contributed by atoms with E-state index in [-0.39, 0.29) is 17.9 Å². The molecule has 0 aliphatic carbocycles. The lowest BCUT2D eigenvalue weighted by atomic mass is 9.96. The minimum absolute atomic E-state index is 0.0795. The first-order valence-corrected chi connectivity index (χ1v) is 12.0. The number of allylic oxidation sites excluding steroid dienone is 1. The number of nitrogens with one attached hydrogen (secondary N) is 1. The number of benzene rings is 2. The van der Waals surface area contributed by atoms with Gasteiger partial charge in [0.05, 0.1) is 12.0 Å². The van der Waals surface area contributed by atoms with Crippen molar-refractivity contribution in [3.8, 4) is 0 Å². The molecule has 1 N–H and O–H groups in total. The SMILES string of the molecule is C=C(NCC/C(=C/CCC)c1cc(Cl)ccc1C)C1CCN(C(C)c2ccccc2)C1=O. The zero-order chi connectivity index (χ0) is 23.1. The van der Waals surface area contributed by atoms with Crippen molar-refractivity contribution in [1.82, 2.24) is 10.2 Å². The predicted molar refractivity (Wildman–Crippen MR) is 136 cm³/mol. The highest BCUT2D eigenvalue weighted by Gasteiger charge is 2.36. The van der Waals surface area contributed by atoms with Crippen LogP contribution in [0, 0.1) is 12.8 Å². The molecule has 4 heteroatoms. The molecule has 0 saturated carbocycles. The zero-order valence-corrected chi connectivity index (χ0v) is 20.3. The van der Waals surface area contributed by atoms with Gasteiger partial charge in [0.15, 0.2) is 0 Å². The van der Waals surface area contributed by atoms with Gasteiger partial charge in [0.2, 0.25) is 5.91 Å². The molecule has 2 aromatic rings. The molecule has 1 saturated heterocycles. The van der Waals surface area contributed by atoms with Crippen molar-refractivity contribution in [1.29, 1.82) is 0 Å². The fraction of sp³-hybridized carbons (Fsp3) is 0.393. The van der Waals surface area contributed by atoms with Gasteiger partial charge in [-0.1, -0.05) is 74.0 Å². The van der Waals surface area contributed by atoms with E-state index in [9.17, 15) is 4.79 Å². The Hall–Kier alpha value is -2.52. The first kappa shape index (κ1) is 24.1. The highest BCUT2D eigenvalue weighted by Crippen LogP contribution is 2.31. The largest absolute Gasteiger partial charge is 0.388 e. The number of hydrogen-bond acceptors (Lipinski definition) is 2. The molecule has 0 radical (unpaired) electrons. The number of unbranched alkanes of at least 4 members (excludes halogenated alkanes) is 1. The molecular formula is C28H35ClN2O. The van der Waals surface area contributed by atoms with Gasteiger partial charge in [-0.3, -0.25) is 4.79 Å². The average Bonchev–Trinajstić information content (AvgIpc) is 3.19. The summed E-state index contributed by atoms with van der Waals surface area (Å²) in [4.78, 5) is 15.1. The molecule has 3 nitrogen and oxygen atoms in total. The third-order valence-electron chi connectivity index (χ3n) is 6.38. The number of halogens is 1. The minimum Gasteiger partial charge on any atom is -0.388 e. The van der Waals surface area contributed by atoms with Gasteiger partial charge < -0.3 is 10.2 Å². The van der Waals surface area contributed by atoms with Gasteiger partial charge in [-0.15, -0.1) is 0 Å². The Morgan fingerprint density at radius 3 is 2.75 bits per heavy atom. The molecule has 2 aromatic carbocycles. The molecular weight excluding hydrogens is 416 g/mol. The van der Waals surface area contributed by atoms with Gasteiger partial charge in [0, 0.05) is 23.8 Å². The Balaban J connectivity index is 1.60. The maximum Gasteiger partial charge on any atom is 0.232 e. The first-order chi connectivity index (χ1) is 15.4. The van der Waals surface area contributed by atoms with Gasteiger partial charge in [0.1, 0.15) is 0 Å². The van der Waals surface area contributed by atoms with E-state index in [2.05, 4.69) is 63.0 Å². The number of carbonyl (C=O) groups excluding carboxylic acids is 1. The van der Waals surface area contributed by atoms with Crippen LogP contribution in [0.15, 0.2) is 66.9 Å². The van der Waals surface area contributed by atoms with E-state index in [0.717, 1.165) is 49.5 Å². The van der Waals surface area contributed by atoms with E-state index < -0.39 is 0 Å². The van der Waals surface area contributed by atoms with Crippen LogP contribution in [0.3, 0.4) is 0 Å². The summed E-state index contributed by atoms with van der Waals surface area (Å²) in [6, 6.07) is 16.4. The Morgan fingerprint density at radius 2 is 2.03 bits per heavy atom.